The van der Waals surface area contributed by atoms with Crippen LogP contribution in [0.25, 0.3) is 0 Å². The van der Waals surface area contributed by atoms with Crippen LogP contribution in [-0.4, -0.2) is 76.7 Å². The van der Waals surface area contributed by atoms with Crippen molar-refractivity contribution < 1.29 is 14.3 Å². The molecule has 0 aromatic carbocycles. The second kappa shape index (κ2) is 7.44. The third-order valence-corrected chi connectivity index (χ3v) is 5.03. The van der Waals surface area contributed by atoms with Gasteiger partial charge in [-0.2, -0.15) is 5.10 Å². The van der Waals surface area contributed by atoms with E-state index in [9.17, 15) is 9.59 Å². The summed E-state index contributed by atoms with van der Waals surface area (Å²) >= 11 is 0. The Bertz CT molecular complexity index is 594. The minimum atomic E-state index is -0.0200. The second-order valence-corrected chi connectivity index (χ2v) is 6.82. The Kier molecular flexibility index (Phi) is 5.30. The number of likely N-dealkylation sites (tertiary alicyclic amines) is 1. The molecule has 0 unspecified atom stereocenters. The first-order chi connectivity index (χ1) is 11.5. The molecular formula is C17H26N4O3. The fraction of sp³-hybridized carbons (Fsp3) is 0.706. The van der Waals surface area contributed by atoms with Gasteiger partial charge >= 0.3 is 0 Å². The monoisotopic (exact) mass is 334 g/mol. The van der Waals surface area contributed by atoms with Gasteiger partial charge < -0.3 is 9.64 Å². The maximum absolute atomic E-state index is 12.5. The Morgan fingerprint density at radius 1 is 1.25 bits per heavy atom. The fourth-order valence-corrected chi connectivity index (χ4v) is 3.63. The summed E-state index contributed by atoms with van der Waals surface area (Å²) in [7, 11) is 1.78. The molecule has 2 saturated heterocycles. The molecule has 1 amide bonds. The van der Waals surface area contributed by atoms with Crippen LogP contribution >= 0.6 is 0 Å². The second-order valence-electron chi connectivity index (χ2n) is 6.82. The minimum absolute atomic E-state index is 0.0200. The van der Waals surface area contributed by atoms with E-state index in [1.54, 1.807) is 24.1 Å². The van der Waals surface area contributed by atoms with Crippen molar-refractivity contribution >= 4 is 11.7 Å². The Hall–Kier alpha value is -1.73. The number of hydrogen-bond acceptors (Lipinski definition) is 5. The average Bonchev–Trinajstić information content (AvgIpc) is 3.19. The Labute approximate surface area is 142 Å². The van der Waals surface area contributed by atoms with E-state index in [4.69, 9.17) is 4.74 Å². The molecule has 0 aliphatic carbocycles. The molecule has 0 spiro atoms. The number of aryl methyl sites for hydroxylation is 1. The van der Waals surface area contributed by atoms with Crippen molar-refractivity contribution in [1.29, 1.82) is 0 Å². The molecule has 3 heterocycles. The quantitative estimate of drug-likeness (QED) is 0.736. The van der Waals surface area contributed by atoms with Crippen LogP contribution in [0.2, 0.25) is 0 Å². The van der Waals surface area contributed by atoms with Gasteiger partial charge in [-0.1, -0.05) is 6.92 Å². The molecule has 0 N–H and O–H groups in total. The lowest BCUT2D eigenvalue weighted by Crippen LogP contribution is -2.47. The Morgan fingerprint density at radius 3 is 2.67 bits per heavy atom. The van der Waals surface area contributed by atoms with Gasteiger partial charge in [-0.15, -0.1) is 0 Å². The van der Waals surface area contributed by atoms with Crippen LogP contribution in [0.5, 0.6) is 0 Å². The molecule has 2 atom stereocenters. The summed E-state index contributed by atoms with van der Waals surface area (Å²) < 4.78 is 7.01. The summed E-state index contributed by atoms with van der Waals surface area (Å²) in [6.07, 6.45) is 3.77. The SMILES string of the molecule is C[C@H]1CN(C(=O)CCC(=O)c2cnn(C)c2)C[C@@H]1N1CCOCC1. The molecule has 24 heavy (non-hydrogen) atoms. The summed E-state index contributed by atoms with van der Waals surface area (Å²) in [5.41, 5.74) is 0.575. The van der Waals surface area contributed by atoms with Gasteiger partial charge in [0, 0.05) is 58.3 Å². The first-order valence-electron chi connectivity index (χ1n) is 8.66. The lowest BCUT2D eigenvalue weighted by molar-refractivity contribution is -0.130. The number of morpholine rings is 1. The Morgan fingerprint density at radius 2 is 2.00 bits per heavy atom. The van der Waals surface area contributed by atoms with Gasteiger partial charge in [-0.25, -0.2) is 0 Å². The van der Waals surface area contributed by atoms with Gasteiger partial charge in [0.25, 0.3) is 0 Å². The highest BCUT2D eigenvalue weighted by molar-refractivity contribution is 5.97. The standard InChI is InChI=1S/C17H26N4O3/c1-13-10-21(12-15(13)20-5-7-24-8-6-20)17(23)4-3-16(22)14-9-18-19(2)11-14/h9,11,13,15H,3-8,10,12H2,1-2H3/t13-,15-/m0/s1. The number of carbonyl (C=O) groups excluding carboxylic acids is 2. The van der Waals surface area contributed by atoms with E-state index in [-0.39, 0.29) is 24.5 Å². The number of ketones is 1. The fourth-order valence-electron chi connectivity index (χ4n) is 3.63. The highest BCUT2D eigenvalue weighted by Crippen LogP contribution is 2.23. The van der Waals surface area contributed by atoms with E-state index in [0.717, 1.165) is 39.4 Å². The predicted molar refractivity (Wildman–Crippen MR) is 88.7 cm³/mol. The number of nitrogens with zero attached hydrogens (tertiary/aromatic N) is 4. The first kappa shape index (κ1) is 17.1. The van der Waals surface area contributed by atoms with Crippen LogP contribution in [0, 0.1) is 5.92 Å². The predicted octanol–water partition coefficient (Wildman–Crippen LogP) is 0.562. The van der Waals surface area contributed by atoms with Crippen LogP contribution in [0.1, 0.15) is 30.1 Å². The number of ether oxygens (including phenoxy) is 1. The number of amides is 1. The van der Waals surface area contributed by atoms with Crippen molar-refractivity contribution in [2.75, 3.05) is 39.4 Å². The van der Waals surface area contributed by atoms with E-state index in [1.165, 1.54) is 0 Å². The zero-order valence-electron chi connectivity index (χ0n) is 14.5. The van der Waals surface area contributed by atoms with Crippen LogP contribution in [0.4, 0.5) is 0 Å². The molecule has 2 aliphatic rings. The molecule has 3 rings (SSSR count). The van der Waals surface area contributed by atoms with Crippen molar-refractivity contribution in [3.8, 4) is 0 Å². The summed E-state index contributed by atoms with van der Waals surface area (Å²) in [5, 5.41) is 4.00. The third-order valence-electron chi connectivity index (χ3n) is 5.03. The number of Topliss-reactive ketones (excluding diaryl/α,β-unsaturated/α-hetero) is 1. The van der Waals surface area contributed by atoms with Crippen molar-refractivity contribution in [2.45, 2.75) is 25.8 Å². The largest absolute Gasteiger partial charge is 0.379 e. The van der Waals surface area contributed by atoms with Crippen LogP contribution in [0.15, 0.2) is 12.4 Å². The normalized spacial score (nSPS) is 25.2. The number of carbonyl (C=O) groups is 2. The van der Waals surface area contributed by atoms with Gasteiger partial charge in [0.15, 0.2) is 5.78 Å². The van der Waals surface area contributed by atoms with Gasteiger partial charge in [-0.05, 0) is 5.92 Å². The van der Waals surface area contributed by atoms with Crippen LogP contribution in [-0.2, 0) is 16.6 Å². The van der Waals surface area contributed by atoms with E-state index in [1.807, 2.05) is 4.90 Å². The molecule has 7 heteroatoms. The molecule has 7 nitrogen and oxygen atoms in total. The molecular weight excluding hydrogens is 308 g/mol. The maximum atomic E-state index is 12.5. The van der Waals surface area contributed by atoms with Crippen LogP contribution < -0.4 is 0 Å². The summed E-state index contributed by atoms with van der Waals surface area (Å²) in [5.74, 6) is 0.518. The molecule has 2 fully saturated rings. The average molecular weight is 334 g/mol. The van der Waals surface area contributed by atoms with E-state index >= 15 is 0 Å². The number of aromatic nitrogens is 2. The molecule has 0 radical (unpaired) electrons. The number of rotatable bonds is 5. The smallest absolute Gasteiger partial charge is 0.223 e. The van der Waals surface area contributed by atoms with Crippen molar-refractivity contribution in [3.05, 3.63) is 18.0 Å². The van der Waals surface area contributed by atoms with Crippen molar-refractivity contribution in [2.24, 2.45) is 13.0 Å². The minimum Gasteiger partial charge on any atom is -0.379 e. The highest BCUT2D eigenvalue weighted by atomic mass is 16.5. The van der Waals surface area contributed by atoms with Crippen molar-refractivity contribution in [1.82, 2.24) is 19.6 Å². The molecule has 0 bridgehead atoms. The highest BCUT2D eigenvalue weighted by Gasteiger charge is 2.36. The van der Waals surface area contributed by atoms with Gasteiger partial charge in [0.2, 0.25) is 5.91 Å². The van der Waals surface area contributed by atoms with Crippen molar-refractivity contribution in [3.63, 3.8) is 0 Å². The molecule has 1 aromatic rings. The van der Waals surface area contributed by atoms with E-state index in [2.05, 4.69) is 16.9 Å². The molecule has 0 saturated carbocycles. The molecule has 132 valence electrons. The summed E-state index contributed by atoms with van der Waals surface area (Å²) in [6, 6.07) is 0.409. The summed E-state index contributed by atoms with van der Waals surface area (Å²) in [6.45, 7) is 7.18. The lowest BCUT2D eigenvalue weighted by atomic mass is 10.0. The first-order valence-corrected chi connectivity index (χ1v) is 8.66. The zero-order chi connectivity index (χ0) is 17.1. The Balaban J connectivity index is 1.49. The zero-order valence-corrected chi connectivity index (χ0v) is 14.5. The topological polar surface area (TPSA) is 67.7 Å². The van der Waals surface area contributed by atoms with Gasteiger partial charge in [0.05, 0.1) is 25.0 Å². The van der Waals surface area contributed by atoms with E-state index in [0.29, 0.717) is 17.5 Å². The third kappa shape index (κ3) is 3.84. The maximum Gasteiger partial charge on any atom is 0.223 e. The molecule has 1 aromatic heterocycles. The molecule has 2 aliphatic heterocycles. The van der Waals surface area contributed by atoms with Crippen LogP contribution in [0.3, 0.4) is 0 Å². The van der Waals surface area contributed by atoms with E-state index < -0.39 is 0 Å². The van der Waals surface area contributed by atoms with Gasteiger partial charge in [-0.3, -0.25) is 19.2 Å². The summed E-state index contributed by atoms with van der Waals surface area (Å²) in [4.78, 5) is 28.9. The number of hydrogen-bond donors (Lipinski definition) is 0. The lowest BCUT2D eigenvalue weighted by Gasteiger charge is -2.33. The van der Waals surface area contributed by atoms with Gasteiger partial charge in [0.1, 0.15) is 0 Å².